The van der Waals surface area contributed by atoms with Crippen molar-refractivity contribution in [1.29, 1.82) is 0 Å². The standard InChI is InChI=1S/C17H26BrNO/c1-12(20)13-5-6-16(15(18)11-13)19(4)14-7-9-17(2,3)10-8-14/h5-6,11-12,14,20H,7-10H2,1-4H3/t12-/m0/s1. The minimum atomic E-state index is -0.416. The Hall–Kier alpha value is -0.540. The Kier molecular flexibility index (Phi) is 4.80. The molecule has 0 spiro atoms. The SMILES string of the molecule is C[C@H](O)c1ccc(N(C)C2CCC(C)(C)CC2)c(Br)c1. The van der Waals surface area contributed by atoms with Gasteiger partial charge in [0.15, 0.2) is 0 Å². The number of aliphatic hydroxyl groups is 1. The molecule has 0 amide bonds. The van der Waals surface area contributed by atoms with Gasteiger partial charge >= 0.3 is 0 Å². The summed E-state index contributed by atoms with van der Waals surface area (Å²) in [6, 6.07) is 6.79. The number of benzene rings is 1. The topological polar surface area (TPSA) is 23.5 Å². The molecule has 1 N–H and O–H groups in total. The highest BCUT2D eigenvalue weighted by molar-refractivity contribution is 9.10. The van der Waals surface area contributed by atoms with Crippen molar-refractivity contribution in [3.63, 3.8) is 0 Å². The van der Waals surface area contributed by atoms with Crippen molar-refractivity contribution in [3.05, 3.63) is 28.2 Å². The van der Waals surface area contributed by atoms with E-state index in [1.165, 1.54) is 31.4 Å². The third-order valence-corrected chi connectivity index (χ3v) is 5.33. The van der Waals surface area contributed by atoms with Gasteiger partial charge in [-0.1, -0.05) is 19.9 Å². The molecule has 0 heterocycles. The molecule has 0 aliphatic heterocycles. The number of rotatable bonds is 3. The van der Waals surface area contributed by atoms with Crippen LogP contribution in [-0.4, -0.2) is 18.2 Å². The highest BCUT2D eigenvalue weighted by atomic mass is 79.9. The molecule has 112 valence electrons. The number of anilines is 1. The Bertz CT molecular complexity index is 460. The first-order valence-corrected chi connectivity index (χ1v) is 8.30. The summed E-state index contributed by atoms with van der Waals surface area (Å²) >= 11 is 3.65. The van der Waals surface area contributed by atoms with Gasteiger partial charge in [-0.05, 0) is 71.6 Å². The molecule has 1 aromatic rings. The second-order valence-corrected chi connectivity index (χ2v) is 7.75. The van der Waals surface area contributed by atoms with Crippen LogP contribution in [0.25, 0.3) is 0 Å². The fraction of sp³-hybridized carbons (Fsp3) is 0.647. The molecule has 0 bridgehead atoms. The Morgan fingerprint density at radius 1 is 1.30 bits per heavy atom. The molecular weight excluding hydrogens is 314 g/mol. The number of nitrogens with zero attached hydrogens (tertiary/aromatic N) is 1. The summed E-state index contributed by atoms with van der Waals surface area (Å²) in [7, 11) is 2.19. The molecule has 2 rings (SSSR count). The van der Waals surface area contributed by atoms with Gasteiger partial charge < -0.3 is 10.0 Å². The lowest BCUT2D eigenvalue weighted by atomic mass is 9.75. The lowest BCUT2D eigenvalue weighted by Crippen LogP contribution is -2.37. The normalized spacial score (nSPS) is 20.7. The zero-order valence-corrected chi connectivity index (χ0v) is 14.6. The van der Waals surface area contributed by atoms with Crippen molar-refractivity contribution >= 4 is 21.6 Å². The van der Waals surface area contributed by atoms with Crippen LogP contribution >= 0.6 is 15.9 Å². The number of aliphatic hydroxyl groups excluding tert-OH is 1. The molecule has 1 aliphatic rings. The molecule has 2 nitrogen and oxygen atoms in total. The molecule has 0 unspecified atom stereocenters. The van der Waals surface area contributed by atoms with E-state index < -0.39 is 6.10 Å². The van der Waals surface area contributed by atoms with Gasteiger partial charge in [-0.2, -0.15) is 0 Å². The first-order chi connectivity index (χ1) is 9.30. The number of halogens is 1. The van der Waals surface area contributed by atoms with Crippen LogP contribution in [0.1, 0.15) is 58.1 Å². The lowest BCUT2D eigenvalue weighted by Gasteiger charge is -2.40. The Morgan fingerprint density at radius 3 is 2.40 bits per heavy atom. The van der Waals surface area contributed by atoms with Crippen LogP contribution in [0.2, 0.25) is 0 Å². The Balaban J connectivity index is 2.12. The predicted octanol–water partition coefficient (Wildman–Crippen LogP) is 4.91. The van der Waals surface area contributed by atoms with E-state index in [0.717, 1.165) is 10.0 Å². The average Bonchev–Trinajstić information content (AvgIpc) is 2.37. The largest absolute Gasteiger partial charge is 0.389 e. The maximum absolute atomic E-state index is 9.65. The van der Waals surface area contributed by atoms with Crippen molar-refractivity contribution in [3.8, 4) is 0 Å². The molecule has 1 saturated carbocycles. The predicted molar refractivity (Wildman–Crippen MR) is 89.2 cm³/mol. The highest BCUT2D eigenvalue weighted by Crippen LogP contribution is 2.39. The van der Waals surface area contributed by atoms with Crippen molar-refractivity contribution in [2.24, 2.45) is 5.41 Å². The van der Waals surface area contributed by atoms with Gasteiger partial charge in [-0.15, -0.1) is 0 Å². The molecule has 1 aliphatic carbocycles. The van der Waals surface area contributed by atoms with Crippen molar-refractivity contribution in [2.45, 2.75) is 58.6 Å². The first-order valence-electron chi connectivity index (χ1n) is 7.50. The second kappa shape index (κ2) is 6.07. The minimum absolute atomic E-state index is 0.416. The van der Waals surface area contributed by atoms with Gasteiger partial charge in [0.1, 0.15) is 0 Å². The summed E-state index contributed by atoms with van der Waals surface area (Å²) in [4.78, 5) is 2.39. The maximum Gasteiger partial charge on any atom is 0.0762 e. The molecule has 0 aromatic heterocycles. The van der Waals surface area contributed by atoms with Gasteiger partial charge in [0.05, 0.1) is 11.8 Å². The monoisotopic (exact) mass is 339 g/mol. The smallest absolute Gasteiger partial charge is 0.0762 e. The van der Waals surface area contributed by atoms with Crippen LogP contribution in [-0.2, 0) is 0 Å². The van der Waals surface area contributed by atoms with Gasteiger partial charge in [-0.25, -0.2) is 0 Å². The third-order valence-electron chi connectivity index (χ3n) is 4.69. The molecule has 1 atom stereocenters. The fourth-order valence-electron chi connectivity index (χ4n) is 3.04. The van der Waals surface area contributed by atoms with E-state index in [-0.39, 0.29) is 0 Å². The summed E-state index contributed by atoms with van der Waals surface area (Å²) in [5, 5.41) is 9.65. The molecular formula is C17H26BrNO. The third kappa shape index (κ3) is 3.56. The van der Waals surface area contributed by atoms with Gasteiger partial charge in [0, 0.05) is 17.6 Å². The molecule has 0 radical (unpaired) electrons. The molecule has 20 heavy (non-hydrogen) atoms. The maximum atomic E-state index is 9.65. The van der Waals surface area contributed by atoms with Gasteiger partial charge in [-0.3, -0.25) is 0 Å². The highest BCUT2D eigenvalue weighted by Gasteiger charge is 2.29. The first kappa shape index (κ1) is 15.8. The van der Waals surface area contributed by atoms with E-state index in [2.05, 4.69) is 47.8 Å². The van der Waals surface area contributed by atoms with Crippen LogP contribution in [0, 0.1) is 5.41 Å². The van der Waals surface area contributed by atoms with E-state index in [1.54, 1.807) is 6.92 Å². The minimum Gasteiger partial charge on any atom is -0.389 e. The number of hydrogen-bond acceptors (Lipinski definition) is 2. The lowest BCUT2D eigenvalue weighted by molar-refractivity contribution is 0.199. The quantitative estimate of drug-likeness (QED) is 0.845. The molecule has 3 heteroatoms. The summed E-state index contributed by atoms with van der Waals surface area (Å²) in [6.45, 7) is 6.54. The van der Waals surface area contributed by atoms with E-state index in [1.807, 2.05) is 12.1 Å². The zero-order chi connectivity index (χ0) is 14.9. The van der Waals surface area contributed by atoms with Gasteiger partial charge in [0.2, 0.25) is 0 Å². The van der Waals surface area contributed by atoms with Crippen molar-refractivity contribution < 1.29 is 5.11 Å². The summed E-state index contributed by atoms with van der Waals surface area (Å²) in [5.74, 6) is 0. The van der Waals surface area contributed by atoms with E-state index in [0.29, 0.717) is 11.5 Å². The van der Waals surface area contributed by atoms with Crippen LogP contribution in [0.5, 0.6) is 0 Å². The second-order valence-electron chi connectivity index (χ2n) is 6.89. The summed E-state index contributed by atoms with van der Waals surface area (Å²) in [6.07, 6.45) is 4.69. The van der Waals surface area contributed by atoms with Crippen LogP contribution in [0.4, 0.5) is 5.69 Å². The Labute approximate surface area is 131 Å². The Morgan fingerprint density at radius 2 is 1.90 bits per heavy atom. The van der Waals surface area contributed by atoms with E-state index in [9.17, 15) is 5.11 Å². The summed E-state index contributed by atoms with van der Waals surface area (Å²) in [5.41, 5.74) is 2.68. The number of hydrogen-bond donors (Lipinski definition) is 1. The van der Waals surface area contributed by atoms with Crippen molar-refractivity contribution in [1.82, 2.24) is 0 Å². The molecule has 1 fully saturated rings. The summed E-state index contributed by atoms with van der Waals surface area (Å²) < 4.78 is 1.07. The molecule has 0 saturated heterocycles. The van der Waals surface area contributed by atoms with E-state index in [4.69, 9.17) is 0 Å². The average molecular weight is 340 g/mol. The molecule has 1 aromatic carbocycles. The van der Waals surface area contributed by atoms with E-state index >= 15 is 0 Å². The van der Waals surface area contributed by atoms with Gasteiger partial charge in [0.25, 0.3) is 0 Å². The van der Waals surface area contributed by atoms with Crippen molar-refractivity contribution in [2.75, 3.05) is 11.9 Å². The fourth-order valence-corrected chi connectivity index (χ4v) is 3.71. The van der Waals surface area contributed by atoms with Crippen LogP contribution in [0.3, 0.4) is 0 Å². The van der Waals surface area contributed by atoms with Crippen LogP contribution in [0.15, 0.2) is 22.7 Å². The van der Waals surface area contributed by atoms with Crippen LogP contribution < -0.4 is 4.90 Å². The zero-order valence-electron chi connectivity index (χ0n) is 13.0.